The number of benzene rings is 3. The third-order valence-corrected chi connectivity index (χ3v) is 8.27. The summed E-state index contributed by atoms with van der Waals surface area (Å²) in [7, 11) is 4.26. The van der Waals surface area contributed by atoms with Gasteiger partial charge in [-0.05, 0) is 97.5 Å². The van der Waals surface area contributed by atoms with Crippen LogP contribution in [0.25, 0.3) is 17.2 Å². The molecule has 3 aromatic rings. The van der Waals surface area contributed by atoms with Crippen LogP contribution >= 0.6 is 0 Å². The van der Waals surface area contributed by atoms with E-state index in [1.165, 1.54) is 5.56 Å². The second-order valence-corrected chi connectivity index (χ2v) is 11.5. The van der Waals surface area contributed by atoms with E-state index in [0.29, 0.717) is 25.7 Å². The van der Waals surface area contributed by atoms with Crippen molar-refractivity contribution in [2.45, 2.75) is 45.2 Å². The van der Waals surface area contributed by atoms with Crippen molar-refractivity contribution in [3.8, 4) is 16.9 Å². The molecule has 5 rings (SSSR count). The van der Waals surface area contributed by atoms with Crippen molar-refractivity contribution >= 4 is 23.4 Å². The van der Waals surface area contributed by atoms with Crippen LogP contribution in [0.2, 0.25) is 0 Å². The fourth-order valence-corrected chi connectivity index (χ4v) is 5.70. The molecule has 3 aromatic carbocycles. The zero-order chi connectivity index (χ0) is 30.0. The first-order chi connectivity index (χ1) is 21.0. The number of anilines is 2. The highest BCUT2D eigenvalue weighted by Gasteiger charge is 2.20. The molecule has 0 unspecified atom stereocenters. The van der Waals surface area contributed by atoms with Gasteiger partial charge in [-0.15, -0.1) is 0 Å². The van der Waals surface area contributed by atoms with Crippen LogP contribution in [0.5, 0.6) is 5.75 Å². The van der Waals surface area contributed by atoms with Crippen molar-refractivity contribution in [3.63, 3.8) is 0 Å². The van der Waals surface area contributed by atoms with E-state index in [0.717, 1.165) is 91.6 Å². The zero-order valence-electron chi connectivity index (χ0n) is 25.8. The molecule has 7 heteroatoms. The van der Waals surface area contributed by atoms with Crippen molar-refractivity contribution in [1.29, 1.82) is 0 Å². The minimum atomic E-state index is -0.0526. The molecular formula is C36H45N3O4. The van der Waals surface area contributed by atoms with Gasteiger partial charge < -0.3 is 24.4 Å². The number of nitrogens with one attached hydrogen (secondary N) is 1. The Labute approximate surface area is 256 Å². The minimum Gasteiger partial charge on any atom is -0.491 e. The molecule has 0 spiro atoms. The third-order valence-electron chi connectivity index (χ3n) is 8.27. The number of nitrogens with zero attached hydrogens (tertiary/aromatic N) is 2. The molecule has 0 saturated carbocycles. The van der Waals surface area contributed by atoms with E-state index in [9.17, 15) is 4.79 Å². The lowest BCUT2D eigenvalue weighted by Crippen LogP contribution is -2.36. The minimum absolute atomic E-state index is 0.0526. The van der Waals surface area contributed by atoms with Gasteiger partial charge in [-0.2, -0.15) is 0 Å². The van der Waals surface area contributed by atoms with E-state index in [2.05, 4.69) is 78.6 Å². The van der Waals surface area contributed by atoms with E-state index in [1.54, 1.807) is 0 Å². The fourth-order valence-electron chi connectivity index (χ4n) is 5.70. The lowest BCUT2D eigenvalue weighted by molar-refractivity contribution is -0.112. The SMILES string of the molecule is CCCOCCOc1ccc(-c2ccc3c(c2)C=C(C(=O)Nc2ccc(CN(C)C4CCOCC4)cc2)CCN3C)cc1. The first-order valence-electron chi connectivity index (χ1n) is 15.5. The molecule has 0 radical (unpaired) electrons. The van der Waals surface area contributed by atoms with Crippen molar-refractivity contribution in [2.24, 2.45) is 0 Å². The maximum absolute atomic E-state index is 13.4. The topological polar surface area (TPSA) is 63.3 Å². The molecule has 228 valence electrons. The monoisotopic (exact) mass is 583 g/mol. The van der Waals surface area contributed by atoms with E-state index in [-0.39, 0.29) is 5.91 Å². The molecule has 2 heterocycles. The Kier molecular flexibility index (Phi) is 10.9. The summed E-state index contributed by atoms with van der Waals surface area (Å²) in [6, 6.07) is 23.4. The lowest BCUT2D eigenvalue weighted by Gasteiger charge is -2.31. The van der Waals surface area contributed by atoms with Crippen LogP contribution in [0.4, 0.5) is 11.4 Å². The van der Waals surface area contributed by atoms with Crippen molar-refractivity contribution in [1.82, 2.24) is 4.90 Å². The summed E-state index contributed by atoms with van der Waals surface area (Å²) < 4.78 is 16.8. The summed E-state index contributed by atoms with van der Waals surface area (Å²) in [5, 5.41) is 3.13. The quantitative estimate of drug-likeness (QED) is 0.242. The predicted octanol–water partition coefficient (Wildman–Crippen LogP) is 6.63. The van der Waals surface area contributed by atoms with E-state index in [1.807, 2.05) is 30.3 Å². The number of amides is 1. The Balaban J connectivity index is 1.23. The Bertz CT molecular complexity index is 1360. The number of hydrogen-bond acceptors (Lipinski definition) is 6. The second-order valence-electron chi connectivity index (χ2n) is 11.5. The largest absolute Gasteiger partial charge is 0.491 e. The zero-order valence-corrected chi connectivity index (χ0v) is 25.8. The Morgan fingerprint density at radius 3 is 2.47 bits per heavy atom. The second kappa shape index (κ2) is 15.2. The molecule has 0 aromatic heterocycles. The molecule has 43 heavy (non-hydrogen) atoms. The number of ether oxygens (including phenoxy) is 3. The third kappa shape index (κ3) is 8.47. The van der Waals surface area contributed by atoms with Crippen molar-refractivity contribution < 1.29 is 19.0 Å². The smallest absolute Gasteiger partial charge is 0.251 e. The summed E-state index contributed by atoms with van der Waals surface area (Å²) in [6.45, 7) is 7.34. The van der Waals surface area contributed by atoms with Gasteiger partial charge in [-0.1, -0.05) is 37.3 Å². The Morgan fingerprint density at radius 2 is 1.72 bits per heavy atom. The van der Waals surface area contributed by atoms with Gasteiger partial charge in [0.15, 0.2) is 0 Å². The van der Waals surface area contributed by atoms with E-state index < -0.39 is 0 Å². The van der Waals surface area contributed by atoms with Gasteiger partial charge in [0, 0.05) is 62.9 Å². The number of carbonyl (C=O) groups excluding carboxylic acids is 1. The van der Waals surface area contributed by atoms with Crippen molar-refractivity contribution in [2.75, 3.05) is 63.9 Å². The molecule has 7 nitrogen and oxygen atoms in total. The highest BCUT2D eigenvalue weighted by atomic mass is 16.5. The molecule has 0 aliphatic carbocycles. The average Bonchev–Trinajstić information content (AvgIpc) is 3.21. The maximum atomic E-state index is 13.4. The van der Waals surface area contributed by atoms with Crippen LogP contribution < -0.4 is 15.0 Å². The van der Waals surface area contributed by atoms with Crippen LogP contribution in [-0.4, -0.2) is 70.5 Å². The van der Waals surface area contributed by atoms with E-state index in [4.69, 9.17) is 14.2 Å². The number of carbonyl (C=O) groups is 1. The average molecular weight is 584 g/mol. The molecule has 1 saturated heterocycles. The molecular weight excluding hydrogens is 538 g/mol. The number of hydrogen-bond donors (Lipinski definition) is 1. The first-order valence-corrected chi connectivity index (χ1v) is 15.5. The van der Waals surface area contributed by atoms with Crippen LogP contribution in [0.15, 0.2) is 72.3 Å². The number of fused-ring (bicyclic) bond motifs is 1. The van der Waals surface area contributed by atoms with Gasteiger partial charge >= 0.3 is 0 Å². The summed E-state index contributed by atoms with van der Waals surface area (Å²) >= 11 is 0. The standard InChI is InChI=1S/C36H45N3O4/c1-4-19-41-22-23-43-34-12-7-28(8-13-34)29-9-14-35-31(24-29)25-30(15-18-38(35)2)36(40)37-32-10-5-27(6-11-32)26-39(3)33-16-20-42-21-17-33/h5-14,24-25,33H,4,15-23,26H2,1-3H3,(H,37,40). The van der Waals surface area contributed by atoms with Crippen LogP contribution in [0.3, 0.4) is 0 Å². The van der Waals surface area contributed by atoms with Gasteiger partial charge in [0.1, 0.15) is 12.4 Å². The van der Waals surface area contributed by atoms with Gasteiger partial charge in [0.25, 0.3) is 5.91 Å². The first kappa shape index (κ1) is 30.8. The Morgan fingerprint density at radius 1 is 0.977 bits per heavy atom. The molecule has 2 aliphatic heterocycles. The highest BCUT2D eigenvalue weighted by Crippen LogP contribution is 2.32. The summed E-state index contributed by atoms with van der Waals surface area (Å²) in [5.74, 6) is 0.778. The van der Waals surface area contributed by atoms with Crippen LogP contribution in [0, 0.1) is 0 Å². The molecule has 0 atom stereocenters. The lowest BCUT2D eigenvalue weighted by atomic mass is 10.00. The summed E-state index contributed by atoms with van der Waals surface area (Å²) in [6.07, 6.45) is 5.89. The normalized spacial score (nSPS) is 15.5. The van der Waals surface area contributed by atoms with Gasteiger partial charge in [0.05, 0.1) is 6.61 Å². The summed E-state index contributed by atoms with van der Waals surface area (Å²) in [4.78, 5) is 18.0. The molecule has 1 N–H and O–H groups in total. The highest BCUT2D eigenvalue weighted by molar-refractivity contribution is 6.07. The van der Waals surface area contributed by atoms with Gasteiger partial charge in [0.2, 0.25) is 0 Å². The molecule has 1 fully saturated rings. The molecule has 0 bridgehead atoms. The fraction of sp³-hybridized carbons (Fsp3) is 0.417. The van der Waals surface area contributed by atoms with Gasteiger partial charge in [-0.25, -0.2) is 0 Å². The van der Waals surface area contributed by atoms with Crippen molar-refractivity contribution in [3.05, 3.63) is 83.4 Å². The van der Waals surface area contributed by atoms with Crippen LogP contribution in [-0.2, 0) is 20.8 Å². The maximum Gasteiger partial charge on any atom is 0.251 e. The Hall–Kier alpha value is -3.65. The summed E-state index contributed by atoms with van der Waals surface area (Å²) in [5.41, 5.74) is 7.20. The molecule has 1 amide bonds. The molecule has 2 aliphatic rings. The number of rotatable bonds is 12. The predicted molar refractivity (Wildman–Crippen MR) is 175 cm³/mol. The van der Waals surface area contributed by atoms with Gasteiger partial charge in [-0.3, -0.25) is 9.69 Å². The van der Waals surface area contributed by atoms with E-state index >= 15 is 0 Å². The van der Waals surface area contributed by atoms with Crippen LogP contribution in [0.1, 0.15) is 43.7 Å².